The molecule has 0 fully saturated rings. The molecule has 0 aliphatic rings. The van der Waals surface area contributed by atoms with Gasteiger partial charge in [-0.25, -0.2) is 4.98 Å². The van der Waals surface area contributed by atoms with Crippen LogP contribution in [0.25, 0.3) is 0 Å². The van der Waals surface area contributed by atoms with Crippen LogP contribution in [0.4, 0.5) is 5.82 Å². The van der Waals surface area contributed by atoms with E-state index in [9.17, 15) is 0 Å². The number of aromatic nitrogens is 3. The second-order valence-electron chi connectivity index (χ2n) is 3.85. The zero-order valence-electron chi connectivity index (χ0n) is 10.5. The van der Waals surface area contributed by atoms with Crippen LogP contribution in [0.2, 0.25) is 0 Å². The quantitative estimate of drug-likeness (QED) is 0.822. The van der Waals surface area contributed by atoms with Gasteiger partial charge in [0.05, 0.1) is 0 Å². The van der Waals surface area contributed by atoms with Crippen molar-refractivity contribution < 1.29 is 0 Å². The Hall–Kier alpha value is -1.14. The fourth-order valence-corrected chi connectivity index (χ4v) is 3.15. The van der Waals surface area contributed by atoms with Gasteiger partial charge in [-0.2, -0.15) is 0 Å². The number of thioether (sulfide) groups is 1. The summed E-state index contributed by atoms with van der Waals surface area (Å²) in [6.07, 6.45) is 2.95. The van der Waals surface area contributed by atoms with Gasteiger partial charge in [-0.1, -0.05) is 30.0 Å². The third-order valence-corrected chi connectivity index (χ3v) is 4.29. The minimum absolute atomic E-state index is 0.901. The molecule has 2 aromatic rings. The summed E-state index contributed by atoms with van der Waals surface area (Å²) in [7, 11) is 0. The van der Waals surface area contributed by atoms with Crippen molar-refractivity contribution in [1.82, 2.24) is 15.2 Å². The first-order valence-corrected chi connectivity index (χ1v) is 7.70. The highest BCUT2D eigenvalue weighted by Gasteiger charge is 2.03. The van der Waals surface area contributed by atoms with Crippen LogP contribution < -0.4 is 5.32 Å². The summed E-state index contributed by atoms with van der Waals surface area (Å²) < 4.78 is 1.02. The fraction of sp³-hybridized carbons (Fsp3) is 0.417. The van der Waals surface area contributed by atoms with Gasteiger partial charge < -0.3 is 5.32 Å². The zero-order valence-corrected chi connectivity index (χ0v) is 12.1. The van der Waals surface area contributed by atoms with Gasteiger partial charge in [-0.05, 0) is 31.0 Å². The maximum absolute atomic E-state index is 4.29. The van der Waals surface area contributed by atoms with Crippen LogP contribution in [0.1, 0.15) is 23.9 Å². The molecular weight excluding hydrogens is 264 g/mol. The smallest absolute Gasteiger partial charge is 0.174 e. The molecule has 0 atom stereocenters. The van der Waals surface area contributed by atoms with E-state index in [1.165, 1.54) is 5.56 Å². The lowest BCUT2D eigenvalue weighted by Gasteiger charge is -2.05. The molecule has 0 aliphatic heterocycles. The molecule has 0 aromatic carbocycles. The summed E-state index contributed by atoms with van der Waals surface area (Å²) in [5, 5.41) is 12.4. The van der Waals surface area contributed by atoms with Crippen molar-refractivity contribution in [1.29, 1.82) is 0 Å². The molecule has 0 saturated heterocycles. The van der Waals surface area contributed by atoms with Gasteiger partial charge in [0.2, 0.25) is 0 Å². The van der Waals surface area contributed by atoms with E-state index in [4.69, 9.17) is 0 Å². The second kappa shape index (κ2) is 6.70. The van der Waals surface area contributed by atoms with Gasteiger partial charge in [0.15, 0.2) is 4.34 Å². The fourth-order valence-electron chi connectivity index (χ4n) is 1.40. The average molecular weight is 280 g/mol. The average Bonchev–Trinajstić information content (AvgIpc) is 2.80. The normalized spacial score (nSPS) is 10.6. The summed E-state index contributed by atoms with van der Waals surface area (Å²) in [4.78, 5) is 4.29. The van der Waals surface area contributed by atoms with Crippen molar-refractivity contribution in [3.05, 3.63) is 28.9 Å². The predicted octanol–water partition coefficient (Wildman–Crippen LogP) is 3.36. The van der Waals surface area contributed by atoms with Crippen LogP contribution in [0.5, 0.6) is 0 Å². The predicted molar refractivity (Wildman–Crippen MR) is 77.2 cm³/mol. The number of nitrogens with zero attached hydrogens (tertiary/aromatic N) is 3. The van der Waals surface area contributed by atoms with Crippen LogP contribution >= 0.6 is 23.1 Å². The van der Waals surface area contributed by atoms with Crippen LogP contribution in [-0.2, 0) is 5.75 Å². The Bertz CT molecular complexity index is 498. The number of hydrogen-bond acceptors (Lipinski definition) is 6. The van der Waals surface area contributed by atoms with Crippen molar-refractivity contribution in [2.45, 2.75) is 30.4 Å². The molecule has 0 radical (unpaired) electrons. The topological polar surface area (TPSA) is 50.7 Å². The van der Waals surface area contributed by atoms with Crippen molar-refractivity contribution in [2.24, 2.45) is 0 Å². The summed E-state index contributed by atoms with van der Waals surface area (Å²) >= 11 is 3.35. The Labute approximate surface area is 115 Å². The highest BCUT2D eigenvalue weighted by Crippen LogP contribution is 2.25. The molecule has 96 valence electrons. The van der Waals surface area contributed by atoms with E-state index in [1.807, 2.05) is 19.2 Å². The monoisotopic (exact) mass is 280 g/mol. The van der Waals surface area contributed by atoms with Crippen LogP contribution in [0.3, 0.4) is 0 Å². The Balaban J connectivity index is 1.92. The Morgan fingerprint density at radius 1 is 1.39 bits per heavy atom. The highest BCUT2D eigenvalue weighted by atomic mass is 32.2. The molecule has 2 rings (SSSR count). The molecule has 6 heteroatoms. The van der Waals surface area contributed by atoms with Crippen LogP contribution in [-0.4, -0.2) is 21.7 Å². The van der Waals surface area contributed by atoms with Crippen LogP contribution in [0.15, 0.2) is 22.7 Å². The molecule has 0 aliphatic carbocycles. The number of rotatable bonds is 6. The molecule has 0 amide bonds. The second-order valence-corrected chi connectivity index (χ2v) is 6.26. The number of aryl methyl sites for hydroxylation is 1. The number of pyridine rings is 1. The highest BCUT2D eigenvalue weighted by molar-refractivity contribution is 8.00. The van der Waals surface area contributed by atoms with E-state index < -0.39 is 0 Å². The van der Waals surface area contributed by atoms with Crippen LogP contribution in [0, 0.1) is 6.92 Å². The van der Waals surface area contributed by atoms with Gasteiger partial charge in [0, 0.05) is 18.5 Å². The summed E-state index contributed by atoms with van der Waals surface area (Å²) in [5.74, 6) is 1.85. The lowest BCUT2D eigenvalue weighted by Crippen LogP contribution is -2.01. The Morgan fingerprint density at radius 3 is 3.00 bits per heavy atom. The minimum atomic E-state index is 0.901. The third kappa shape index (κ3) is 3.96. The van der Waals surface area contributed by atoms with Gasteiger partial charge in [-0.3, -0.25) is 0 Å². The lowest BCUT2D eigenvalue weighted by molar-refractivity contribution is 0.968. The molecule has 0 saturated carbocycles. The summed E-state index contributed by atoms with van der Waals surface area (Å²) in [5.41, 5.74) is 1.25. The first-order valence-electron chi connectivity index (χ1n) is 5.89. The van der Waals surface area contributed by atoms with E-state index >= 15 is 0 Å². The maximum atomic E-state index is 4.29. The number of nitrogens with one attached hydrogen (secondary N) is 1. The van der Waals surface area contributed by atoms with Crippen molar-refractivity contribution in [2.75, 3.05) is 11.9 Å². The van der Waals surface area contributed by atoms with Crippen molar-refractivity contribution in [3.8, 4) is 0 Å². The van der Waals surface area contributed by atoms with Gasteiger partial charge >= 0.3 is 0 Å². The Kier molecular flexibility index (Phi) is 4.95. The number of hydrogen-bond donors (Lipinski definition) is 1. The molecular formula is C12H16N4S2. The van der Waals surface area contributed by atoms with E-state index in [0.29, 0.717) is 0 Å². The molecule has 0 spiro atoms. The lowest BCUT2D eigenvalue weighted by atomic mass is 10.3. The summed E-state index contributed by atoms with van der Waals surface area (Å²) in [6, 6.07) is 4.13. The van der Waals surface area contributed by atoms with Gasteiger partial charge in [0.1, 0.15) is 10.8 Å². The molecule has 2 aromatic heterocycles. The summed E-state index contributed by atoms with van der Waals surface area (Å²) in [6.45, 7) is 5.07. The van der Waals surface area contributed by atoms with E-state index in [0.717, 1.165) is 33.9 Å². The van der Waals surface area contributed by atoms with Gasteiger partial charge in [0.25, 0.3) is 0 Å². The zero-order chi connectivity index (χ0) is 12.8. The maximum Gasteiger partial charge on any atom is 0.174 e. The first kappa shape index (κ1) is 13.3. The molecule has 2 heterocycles. The van der Waals surface area contributed by atoms with E-state index in [2.05, 4.69) is 33.5 Å². The molecule has 0 unspecified atom stereocenters. The molecule has 1 N–H and O–H groups in total. The standard InChI is InChI=1S/C12H16N4S2/c1-3-5-13-11-7-10(4-6-14-11)8-17-12-16-15-9(2)18-12/h4,6-7H,3,5,8H2,1-2H3,(H,13,14). The molecule has 4 nitrogen and oxygen atoms in total. The largest absolute Gasteiger partial charge is 0.370 e. The third-order valence-electron chi connectivity index (χ3n) is 2.25. The molecule has 0 bridgehead atoms. The SMILES string of the molecule is CCCNc1cc(CSc2nnc(C)s2)ccn1. The molecule has 18 heavy (non-hydrogen) atoms. The van der Waals surface area contributed by atoms with Gasteiger partial charge in [-0.15, -0.1) is 10.2 Å². The van der Waals surface area contributed by atoms with E-state index in [-0.39, 0.29) is 0 Å². The van der Waals surface area contributed by atoms with Crippen molar-refractivity contribution >= 4 is 28.9 Å². The van der Waals surface area contributed by atoms with Crippen molar-refractivity contribution in [3.63, 3.8) is 0 Å². The van der Waals surface area contributed by atoms with E-state index in [1.54, 1.807) is 23.1 Å². The minimum Gasteiger partial charge on any atom is -0.370 e. The Morgan fingerprint density at radius 2 is 2.28 bits per heavy atom. The first-order chi connectivity index (χ1) is 8.78. The number of anilines is 1.